The fraction of sp³-hybridized carbons (Fsp3) is 0.429. The molecule has 0 radical (unpaired) electrons. The fourth-order valence-corrected chi connectivity index (χ4v) is 2.78. The summed E-state index contributed by atoms with van der Waals surface area (Å²) >= 11 is 0. The fourth-order valence-electron chi connectivity index (χ4n) is 2.78. The number of benzene rings is 1. The van der Waals surface area contributed by atoms with Crippen molar-refractivity contribution in [2.45, 2.75) is 25.1 Å². The Bertz CT molecular complexity index is 447. The number of fused-ring (bicyclic) bond motifs is 2. The van der Waals surface area contributed by atoms with Gasteiger partial charge in [0.2, 0.25) is 0 Å². The van der Waals surface area contributed by atoms with E-state index in [1.165, 1.54) is 12.1 Å². The molecule has 1 unspecified atom stereocenters. The van der Waals surface area contributed by atoms with Crippen molar-refractivity contribution in [2.75, 3.05) is 0 Å². The molecule has 2 aliphatic carbocycles. The smallest absolute Gasteiger partial charge is 0.416 e. The van der Waals surface area contributed by atoms with Crippen LogP contribution in [-0.2, 0) is 6.18 Å². The molecule has 1 saturated carbocycles. The topological polar surface area (TPSA) is 9.23 Å². The van der Waals surface area contributed by atoms with Crippen molar-refractivity contribution < 1.29 is 17.9 Å². The average molecular weight is 254 g/mol. The number of ether oxygens (including phenoxy) is 1. The van der Waals surface area contributed by atoms with Crippen molar-refractivity contribution >= 4 is 0 Å². The van der Waals surface area contributed by atoms with Gasteiger partial charge in [-0.2, -0.15) is 13.2 Å². The van der Waals surface area contributed by atoms with Gasteiger partial charge in [0, 0.05) is 11.8 Å². The second kappa shape index (κ2) is 4.04. The Hall–Kier alpha value is -1.45. The average Bonchev–Trinajstić information content (AvgIpc) is 2.88. The number of halogens is 3. The van der Waals surface area contributed by atoms with Gasteiger partial charge in [0.25, 0.3) is 0 Å². The second-order valence-corrected chi connectivity index (χ2v) is 4.89. The van der Waals surface area contributed by atoms with E-state index in [-0.39, 0.29) is 6.10 Å². The zero-order valence-corrected chi connectivity index (χ0v) is 9.65. The molecule has 1 nitrogen and oxygen atoms in total. The second-order valence-electron chi connectivity index (χ2n) is 4.89. The van der Waals surface area contributed by atoms with Crippen molar-refractivity contribution in [3.8, 4) is 5.75 Å². The summed E-state index contributed by atoms with van der Waals surface area (Å²) in [6.45, 7) is 0. The molecule has 0 spiro atoms. The summed E-state index contributed by atoms with van der Waals surface area (Å²) in [6, 6.07) is 4.94. The van der Waals surface area contributed by atoms with Crippen LogP contribution < -0.4 is 4.74 Å². The van der Waals surface area contributed by atoms with Crippen LogP contribution in [0.1, 0.15) is 18.4 Å². The molecule has 3 atom stereocenters. The molecule has 0 heterocycles. The van der Waals surface area contributed by atoms with Gasteiger partial charge in [0.1, 0.15) is 11.9 Å². The Morgan fingerprint density at radius 1 is 0.944 bits per heavy atom. The van der Waals surface area contributed by atoms with Crippen molar-refractivity contribution in [3.05, 3.63) is 42.0 Å². The molecule has 0 aromatic heterocycles. The first-order valence-corrected chi connectivity index (χ1v) is 6.06. The summed E-state index contributed by atoms with van der Waals surface area (Å²) in [4.78, 5) is 0. The molecule has 2 bridgehead atoms. The van der Waals surface area contributed by atoms with Gasteiger partial charge in [-0.1, -0.05) is 12.2 Å². The van der Waals surface area contributed by atoms with Crippen molar-refractivity contribution in [1.82, 2.24) is 0 Å². The van der Waals surface area contributed by atoms with E-state index in [1.54, 1.807) is 0 Å². The number of rotatable bonds is 2. The third-order valence-corrected chi connectivity index (χ3v) is 3.74. The molecule has 0 N–H and O–H groups in total. The first-order chi connectivity index (χ1) is 8.54. The molecule has 0 amide bonds. The Labute approximate surface area is 103 Å². The minimum Gasteiger partial charge on any atom is -0.489 e. The maximum atomic E-state index is 12.4. The van der Waals surface area contributed by atoms with Crippen LogP contribution in [0.2, 0.25) is 0 Å². The Kier molecular flexibility index (Phi) is 2.61. The van der Waals surface area contributed by atoms with Crippen LogP contribution in [0, 0.1) is 11.8 Å². The van der Waals surface area contributed by atoms with Crippen LogP contribution in [0.4, 0.5) is 13.2 Å². The van der Waals surface area contributed by atoms with E-state index >= 15 is 0 Å². The lowest BCUT2D eigenvalue weighted by atomic mass is 10.1. The van der Waals surface area contributed by atoms with Crippen LogP contribution in [0.3, 0.4) is 0 Å². The molecule has 1 fully saturated rings. The highest BCUT2D eigenvalue weighted by Crippen LogP contribution is 2.41. The third-order valence-electron chi connectivity index (χ3n) is 3.74. The normalized spacial score (nSPS) is 29.8. The lowest BCUT2D eigenvalue weighted by molar-refractivity contribution is -0.137. The summed E-state index contributed by atoms with van der Waals surface area (Å²) in [6.07, 6.45) is 2.37. The largest absolute Gasteiger partial charge is 0.489 e. The Morgan fingerprint density at radius 3 is 1.94 bits per heavy atom. The highest BCUT2D eigenvalue weighted by Gasteiger charge is 2.39. The van der Waals surface area contributed by atoms with Gasteiger partial charge < -0.3 is 4.74 Å². The van der Waals surface area contributed by atoms with Gasteiger partial charge in [-0.15, -0.1) is 0 Å². The highest BCUT2D eigenvalue weighted by molar-refractivity contribution is 5.30. The minimum atomic E-state index is -4.29. The summed E-state index contributed by atoms with van der Waals surface area (Å²) in [5.41, 5.74) is -0.637. The third kappa shape index (κ3) is 2.00. The summed E-state index contributed by atoms with van der Waals surface area (Å²) in [7, 11) is 0. The maximum absolute atomic E-state index is 12.4. The van der Waals surface area contributed by atoms with Gasteiger partial charge in [-0.25, -0.2) is 0 Å². The van der Waals surface area contributed by atoms with E-state index in [2.05, 4.69) is 12.2 Å². The maximum Gasteiger partial charge on any atom is 0.416 e. The SMILES string of the molecule is FC(F)(F)c1ccc(OC2[C@@H]3C=C[C@H]2CC3)cc1. The molecule has 3 rings (SSSR count). The molecule has 1 aromatic rings. The molecule has 1 aromatic carbocycles. The van der Waals surface area contributed by atoms with Crippen LogP contribution in [0.25, 0.3) is 0 Å². The number of alkyl halides is 3. The van der Waals surface area contributed by atoms with Gasteiger partial charge in [0.05, 0.1) is 5.56 Å². The highest BCUT2D eigenvalue weighted by atomic mass is 19.4. The molecular weight excluding hydrogens is 241 g/mol. The van der Waals surface area contributed by atoms with Crippen molar-refractivity contribution in [3.63, 3.8) is 0 Å². The Morgan fingerprint density at radius 2 is 1.50 bits per heavy atom. The monoisotopic (exact) mass is 254 g/mol. The zero-order chi connectivity index (χ0) is 12.8. The van der Waals surface area contributed by atoms with Crippen LogP contribution in [-0.4, -0.2) is 6.10 Å². The lowest BCUT2D eigenvalue weighted by Crippen LogP contribution is -2.22. The predicted octanol–water partition coefficient (Wildman–Crippen LogP) is 4.05. The van der Waals surface area contributed by atoms with Crippen LogP contribution in [0.5, 0.6) is 5.75 Å². The van der Waals surface area contributed by atoms with Crippen LogP contribution in [0.15, 0.2) is 36.4 Å². The quantitative estimate of drug-likeness (QED) is 0.723. The van der Waals surface area contributed by atoms with E-state index in [0.717, 1.165) is 25.0 Å². The van der Waals surface area contributed by atoms with Crippen LogP contribution >= 0.6 is 0 Å². The zero-order valence-electron chi connectivity index (χ0n) is 9.65. The van der Waals surface area contributed by atoms with E-state index in [4.69, 9.17) is 4.74 Å². The van der Waals surface area contributed by atoms with E-state index in [1.807, 2.05) is 0 Å². The van der Waals surface area contributed by atoms with Crippen molar-refractivity contribution in [1.29, 1.82) is 0 Å². The van der Waals surface area contributed by atoms with Gasteiger partial charge in [-0.05, 0) is 37.1 Å². The van der Waals surface area contributed by atoms with E-state index in [0.29, 0.717) is 17.6 Å². The molecule has 2 aliphatic rings. The van der Waals surface area contributed by atoms with E-state index < -0.39 is 11.7 Å². The molecule has 18 heavy (non-hydrogen) atoms. The first-order valence-electron chi connectivity index (χ1n) is 6.06. The number of hydrogen-bond acceptors (Lipinski definition) is 1. The van der Waals surface area contributed by atoms with Gasteiger partial charge >= 0.3 is 6.18 Å². The van der Waals surface area contributed by atoms with Gasteiger partial charge in [-0.3, -0.25) is 0 Å². The number of hydrogen-bond donors (Lipinski definition) is 0. The van der Waals surface area contributed by atoms with Gasteiger partial charge in [0.15, 0.2) is 0 Å². The molecule has 0 saturated heterocycles. The standard InChI is InChI=1S/C14H13F3O/c15-14(16,17)11-5-7-12(8-6-11)18-13-9-1-2-10(13)4-3-9/h1-2,5-10,13H,3-4H2/t9-,10+,13?. The predicted molar refractivity (Wildman–Crippen MR) is 61.2 cm³/mol. The molecule has 96 valence electrons. The summed E-state index contributed by atoms with van der Waals surface area (Å²) < 4.78 is 43.0. The lowest BCUT2D eigenvalue weighted by Gasteiger charge is -2.18. The summed E-state index contributed by atoms with van der Waals surface area (Å²) in [5.74, 6) is 1.38. The molecular formula is C14H13F3O. The Balaban J connectivity index is 1.71. The van der Waals surface area contributed by atoms with Crippen molar-refractivity contribution in [2.24, 2.45) is 11.8 Å². The first kappa shape index (κ1) is 11.6. The minimum absolute atomic E-state index is 0.113. The molecule has 0 aliphatic heterocycles. The molecule has 4 heteroatoms. The summed E-state index contributed by atoms with van der Waals surface area (Å²) in [5, 5.41) is 0. The van der Waals surface area contributed by atoms with E-state index in [9.17, 15) is 13.2 Å².